The Morgan fingerprint density at radius 3 is 3.13 bits per heavy atom. The minimum atomic E-state index is 0.197. The number of aromatic nitrogens is 1. The van der Waals surface area contributed by atoms with E-state index in [4.69, 9.17) is 4.42 Å². The van der Waals surface area contributed by atoms with Gasteiger partial charge in [0.1, 0.15) is 5.78 Å². The van der Waals surface area contributed by atoms with Crippen molar-refractivity contribution in [3.05, 3.63) is 29.5 Å². The van der Waals surface area contributed by atoms with Crippen LogP contribution in [0.2, 0.25) is 0 Å². The lowest BCUT2D eigenvalue weighted by atomic mass is 10.2. The van der Waals surface area contributed by atoms with Crippen LogP contribution in [-0.2, 0) is 11.2 Å². The summed E-state index contributed by atoms with van der Waals surface area (Å²) in [6, 6.07) is 3.72. The van der Waals surface area contributed by atoms with E-state index in [1.165, 1.54) is 0 Å². The molecule has 0 aliphatic heterocycles. The molecule has 0 spiro atoms. The fourth-order valence-corrected chi connectivity index (χ4v) is 2.06. The Balaban J connectivity index is 2.08. The SMILES string of the molecule is CC(=O)CCc1csc(-c2ccco2)n1. The maximum absolute atomic E-state index is 10.8. The highest BCUT2D eigenvalue weighted by molar-refractivity contribution is 7.13. The quantitative estimate of drug-likeness (QED) is 0.797. The molecule has 0 bridgehead atoms. The van der Waals surface area contributed by atoms with Crippen molar-refractivity contribution in [3.8, 4) is 10.8 Å². The van der Waals surface area contributed by atoms with Crippen molar-refractivity contribution in [2.75, 3.05) is 0 Å². The molecule has 0 fully saturated rings. The van der Waals surface area contributed by atoms with Gasteiger partial charge in [-0.05, 0) is 25.5 Å². The first-order chi connectivity index (χ1) is 7.25. The highest BCUT2D eigenvalue weighted by atomic mass is 32.1. The van der Waals surface area contributed by atoms with Gasteiger partial charge in [-0.25, -0.2) is 4.98 Å². The molecule has 15 heavy (non-hydrogen) atoms. The number of Topliss-reactive ketones (excluding diaryl/α,β-unsaturated/α-hetero) is 1. The van der Waals surface area contributed by atoms with Crippen LogP contribution < -0.4 is 0 Å². The molecule has 0 amide bonds. The van der Waals surface area contributed by atoms with E-state index in [9.17, 15) is 4.79 Å². The summed E-state index contributed by atoms with van der Waals surface area (Å²) in [5, 5.41) is 2.85. The van der Waals surface area contributed by atoms with Crippen molar-refractivity contribution < 1.29 is 9.21 Å². The Labute approximate surface area is 91.8 Å². The number of hydrogen-bond donors (Lipinski definition) is 0. The first-order valence-electron chi connectivity index (χ1n) is 4.73. The van der Waals surface area contributed by atoms with Crippen LogP contribution in [-0.4, -0.2) is 10.8 Å². The summed E-state index contributed by atoms with van der Waals surface area (Å²) in [7, 11) is 0. The van der Waals surface area contributed by atoms with Crippen molar-refractivity contribution in [1.29, 1.82) is 0 Å². The molecule has 0 atom stereocenters. The third-order valence-corrected chi connectivity index (χ3v) is 2.92. The van der Waals surface area contributed by atoms with E-state index < -0.39 is 0 Å². The molecule has 2 aromatic rings. The Morgan fingerprint density at radius 2 is 2.47 bits per heavy atom. The second kappa shape index (κ2) is 4.40. The highest BCUT2D eigenvalue weighted by Gasteiger charge is 2.07. The molecular formula is C11H11NO2S. The molecule has 0 aromatic carbocycles. The summed E-state index contributed by atoms with van der Waals surface area (Å²) in [6.45, 7) is 1.60. The summed E-state index contributed by atoms with van der Waals surface area (Å²) >= 11 is 1.54. The summed E-state index contributed by atoms with van der Waals surface area (Å²) in [5.41, 5.74) is 0.960. The normalized spacial score (nSPS) is 10.5. The molecule has 0 saturated carbocycles. The predicted molar refractivity (Wildman–Crippen MR) is 58.8 cm³/mol. The lowest BCUT2D eigenvalue weighted by Crippen LogP contribution is -1.93. The zero-order valence-corrected chi connectivity index (χ0v) is 9.21. The summed E-state index contributed by atoms with van der Waals surface area (Å²) in [6.07, 6.45) is 2.90. The maximum atomic E-state index is 10.8. The average molecular weight is 221 g/mol. The number of carbonyl (C=O) groups is 1. The molecule has 2 aromatic heterocycles. The summed E-state index contributed by atoms with van der Waals surface area (Å²) in [5.74, 6) is 0.983. The molecule has 3 nitrogen and oxygen atoms in total. The third kappa shape index (κ3) is 2.53. The minimum absolute atomic E-state index is 0.197. The van der Waals surface area contributed by atoms with Gasteiger partial charge in [0, 0.05) is 11.8 Å². The van der Waals surface area contributed by atoms with Gasteiger partial charge in [-0.2, -0.15) is 0 Å². The Kier molecular flexibility index (Phi) is 2.97. The molecule has 0 unspecified atom stereocenters. The fourth-order valence-electron chi connectivity index (χ4n) is 1.24. The van der Waals surface area contributed by atoms with Crippen molar-refractivity contribution in [3.63, 3.8) is 0 Å². The largest absolute Gasteiger partial charge is 0.462 e. The molecule has 2 heterocycles. The first kappa shape index (κ1) is 10.1. The lowest BCUT2D eigenvalue weighted by Gasteiger charge is -1.91. The highest BCUT2D eigenvalue weighted by Crippen LogP contribution is 2.24. The monoisotopic (exact) mass is 221 g/mol. The Morgan fingerprint density at radius 1 is 1.60 bits per heavy atom. The lowest BCUT2D eigenvalue weighted by molar-refractivity contribution is -0.116. The van der Waals surface area contributed by atoms with Gasteiger partial charge in [0.15, 0.2) is 10.8 Å². The fraction of sp³-hybridized carbons (Fsp3) is 0.273. The molecule has 0 N–H and O–H groups in total. The molecular weight excluding hydrogens is 210 g/mol. The maximum Gasteiger partial charge on any atom is 0.162 e. The standard InChI is InChI=1S/C11H11NO2S/c1-8(13)4-5-9-7-15-11(12-9)10-3-2-6-14-10/h2-3,6-7H,4-5H2,1H3. The van der Waals surface area contributed by atoms with Crippen LogP contribution in [0.5, 0.6) is 0 Å². The van der Waals surface area contributed by atoms with E-state index in [0.29, 0.717) is 12.8 Å². The van der Waals surface area contributed by atoms with Gasteiger partial charge in [-0.15, -0.1) is 11.3 Å². The van der Waals surface area contributed by atoms with Crippen molar-refractivity contribution in [2.24, 2.45) is 0 Å². The zero-order chi connectivity index (χ0) is 10.7. The zero-order valence-electron chi connectivity index (χ0n) is 8.40. The number of thiazole rings is 1. The molecule has 0 aliphatic rings. The Hall–Kier alpha value is -1.42. The third-order valence-electron chi connectivity index (χ3n) is 2.02. The second-order valence-corrected chi connectivity index (χ2v) is 4.18. The van der Waals surface area contributed by atoms with E-state index in [1.807, 2.05) is 17.5 Å². The van der Waals surface area contributed by atoms with Crippen LogP contribution in [0.3, 0.4) is 0 Å². The van der Waals surface area contributed by atoms with Gasteiger partial charge in [0.05, 0.1) is 12.0 Å². The number of furan rings is 1. The van der Waals surface area contributed by atoms with Gasteiger partial charge in [-0.3, -0.25) is 0 Å². The van der Waals surface area contributed by atoms with E-state index in [1.54, 1.807) is 24.5 Å². The smallest absolute Gasteiger partial charge is 0.162 e. The molecule has 0 aliphatic carbocycles. The van der Waals surface area contributed by atoms with Crippen LogP contribution in [0.1, 0.15) is 19.0 Å². The number of carbonyl (C=O) groups excluding carboxylic acids is 1. The van der Waals surface area contributed by atoms with Crippen LogP contribution in [0.25, 0.3) is 10.8 Å². The van der Waals surface area contributed by atoms with Crippen molar-refractivity contribution in [1.82, 2.24) is 4.98 Å². The molecule has 2 rings (SSSR count). The van der Waals surface area contributed by atoms with Gasteiger partial charge in [-0.1, -0.05) is 0 Å². The van der Waals surface area contributed by atoms with Crippen LogP contribution in [0.4, 0.5) is 0 Å². The first-order valence-corrected chi connectivity index (χ1v) is 5.61. The van der Waals surface area contributed by atoms with Crippen molar-refractivity contribution >= 4 is 17.1 Å². The number of hydrogen-bond acceptors (Lipinski definition) is 4. The predicted octanol–water partition coefficient (Wildman–Crippen LogP) is 2.92. The summed E-state index contributed by atoms with van der Waals surface area (Å²) in [4.78, 5) is 15.2. The van der Waals surface area contributed by atoms with Gasteiger partial charge in [0.2, 0.25) is 0 Å². The minimum Gasteiger partial charge on any atom is -0.462 e. The average Bonchev–Trinajstić information content (AvgIpc) is 2.85. The number of aryl methyl sites for hydroxylation is 1. The summed E-state index contributed by atoms with van der Waals surface area (Å²) < 4.78 is 5.24. The van der Waals surface area contributed by atoms with Crippen LogP contribution >= 0.6 is 11.3 Å². The topological polar surface area (TPSA) is 43.1 Å². The Bertz CT molecular complexity index is 445. The number of nitrogens with zero attached hydrogens (tertiary/aromatic N) is 1. The van der Waals surface area contributed by atoms with E-state index in [-0.39, 0.29) is 5.78 Å². The second-order valence-electron chi connectivity index (χ2n) is 3.32. The van der Waals surface area contributed by atoms with Gasteiger partial charge >= 0.3 is 0 Å². The molecule has 0 saturated heterocycles. The van der Waals surface area contributed by atoms with Gasteiger partial charge in [0.25, 0.3) is 0 Å². The van der Waals surface area contributed by atoms with E-state index in [0.717, 1.165) is 16.5 Å². The van der Waals surface area contributed by atoms with E-state index >= 15 is 0 Å². The van der Waals surface area contributed by atoms with Gasteiger partial charge < -0.3 is 9.21 Å². The molecule has 78 valence electrons. The van der Waals surface area contributed by atoms with Crippen LogP contribution in [0.15, 0.2) is 28.2 Å². The number of ketones is 1. The van der Waals surface area contributed by atoms with Crippen molar-refractivity contribution in [2.45, 2.75) is 19.8 Å². The van der Waals surface area contributed by atoms with Crippen LogP contribution in [0, 0.1) is 0 Å². The number of rotatable bonds is 4. The molecule has 4 heteroatoms. The van der Waals surface area contributed by atoms with E-state index in [2.05, 4.69) is 4.98 Å². The molecule has 0 radical (unpaired) electrons.